The second kappa shape index (κ2) is 3.44. The number of aliphatic hydroxyl groups excluding tert-OH is 3. The zero-order valence-electron chi connectivity index (χ0n) is 7.49. The summed E-state index contributed by atoms with van der Waals surface area (Å²) in [6.45, 7) is 1.30. The van der Waals surface area contributed by atoms with E-state index in [0.717, 1.165) is 0 Å². The highest BCUT2D eigenvalue weighted by atomic mass is 16.6. The molecule has 1 saturated heterocycles. The third-order valence-electron chi connectivity index (χ3n) is 2.49. The Bertz CT molecular complexity index is 246. The molecular formula is C7H13NO6. The van der Waals surface area contributed by atoms with Crippen molar-refractivity contribution in [3.05, 3.63) is 0 Å². The second-order valence-electron chi connectivity index (χ2n) is 3.34. The maximum Gasteiger partial charge on any atom is 0.329 e. The molecule has 1 rings (SSSR count). The van der Waals surface area contributed by atoms with Crippen LogP contribution in [0.5, 0.6) is 0 Å². The van der Waals surface area contributed by atoms with Crippen molar-refractivity contribution < 1.29 is 30.0 Å². The lowest BCUT2D eigenvalue weighted by molar-refractivity contribution is -0.269. The Balaban J connectivity index is 3.00. The average molecular weight is 207 g/mol. The van der Waals surface area contributed by atoms with Crippen LogP contribution in [0.15, 0.2) is 0 Å². The van der Waals surface area contributed by atoms with Gasteiger partial charge in [-0.15, -0.1) is 0 Å². The monoisotopic (exact) mass is 207 g/mol. The van der Waals surface area contributed by atoms with Crippen LogP contribution in [0.2, 0.25) is 0 Å². The number of aliphatic hydroxyl groups is 3. The molecular weight excluding hydrogens is 194 g/mol. The average Bonchev–Trinajstić information content (AvgIpc) is 2.11. The molecule has 14 heavy (non-hydrogen) atoms. The first-order chi connectivity index (χ1) is 6.31. The molecule has 82 valence electrons. The van der Waals surface area contributed by atoms with Gasteiger partial charge in [-0.3, -0.25) is 4.79 Å². The van der Waals surface area contributed by atoms with E-state index in [2.05, 4.69) is 4.74 Å². The smallest absolute Gasteiger partial charge is 0.329 e. The summed E-state index contributed by atoms with van der Waals surface area (Å²) in [5, 5.41) is 36.4. The van der Waals surface area contributed by atoms with Gasteiger partial charge >= 0.3 is 5.97 Å². The molecule has 7 heteroatoms. The Kier molecular flexibility index (Phi) is 2.79. The Hall–Kier alpha value is -0.730. The summed E-state index contributed by atoms with van der Waals surface area (Å²) in [6, 6.07) is 0. The van der Waals surface area contributed by atoms with Gasteiger partial charge in [0.2, 0.25) is 0 Å². The maximum atomic E-state index is 10.8. The first-order valence-electron chi connectivity index (χ1n) is 4.03. The highest BCUT2D eigenvalue weighted by Gasteiger charge is 2.56. The van der Waals surface area contributed by atoms with Crippen molar-refractivity contribution >= 4 is 5.97 Å². The van der Waals surface area contributed by atoms with Crippen LogP contribution in [0.4, 0.5) is 0 Å². The Morgan fingerprint density at radius 2 is 1.93 bits per heavy atom. The minimum absolute atomic E-state index is 1.10. The van der Waals surface area contributed by atoms with E-state index < -0.39 is 36.1 Å². The lowest BCUT2D eigenvalue weighted by atomic mass is 9.82. The van der Waals surface area contributed by atoms with E-state index in [1.807, 2.05) is 0 Å². The predicted molar refractivity (Wildman–Crippen MR) is 43.1 cm³/mol. The van der Waals surface area contributed by atoms with Gasteiger partial charge in [-0.2, -0.15) is 0 Å². The van der Waals surface area contributed by atoms with Crippen molar-refractivity contribution in [2.75, 3.05) is 0 Å². The molecule has 5 atom stereocenters. The summed E-state index contributed by atoms with van der Waals surface area (Å²) < 4.78 is 4.69. The van der Waals surface area contributed by atoms with E-state index >= 15 is 0 Å². The van der Waals surface area contributed by atoms with Crippen LogP contribution in [-0.2, 0) is 9.53 Å². The highest BCUT2D eigenvalue weighted by Crippen LogP contribution is 2.27. The van der Waals surface area contributed by atoms with Crippen molar-refractivity contribution in [1.29, 1.82) is 0 Å². The molecule has 0 aliphatic carbocycles. The number of ether oxygens (including phenoxy) is 1. The number of aliphatic carboxylic acids is 1. The molecule has 1 aliphatic heterocycles. The zero-order valence-corrected chi connectivity index (χ0v) is 7.49. The summed E-state index contributed by atoms with van der Waals surface area (Å²) in [6.07, 6.45) is -6.24. The minimum atomic E-state index is -2.11. The molecule has 0 spiro atoms. The molecule has 3 unspecified atom stereocenters. The Labute approximate surface area is 79.7 Å². The van der Waals surface area contributed by atoms with Gasteiger partial charge in [0.05, 0.1) is 6.10 Å². The molecule has 0 aromatic carbocycles. The van der Waals surface area contributed by atoms with Gasteiger partial charge in [0.15, 0.2) is 11.8 Å². The van der Waals surface area contributed by atoms with Crippen LogP contribution in [-0.4, -0.2) is 56.5 Å². The van der Waals surface area contributed by atoms with Crippen molar-refractivity contribution in [2.45, 2.75) is 37.1 Å². The fraction of sp³-hybridized carbons (Fsp3) is 0.857. The number of carbonyl (C=O) groups is 1. The summed E-state index contributed by atoms with van der Waals surface area (Å²) in [7, 11) is 0. The maximum absolute atomic E-state index is 10.8. The molecule has 0 bridgehead atoms. The van der Waals surface area contributed by atoms with E-state index in [-0.39, 0.29) is 0 Å². The number of rotatable bonds is 1. The standard InChI is InChI=1S/C7H13NO6/c1-2-7(8,6(12)13)4(10)3(9)5(11)14-2/h2-5,9-11H,8H2,1H3,(H,12,13)/t2?,3?,4?,5-,7-/m1/s1. The van der Waals surface area contributed by atoms with Crippen molar-refractivity contribution in [3.8, 4) is 0 Å². The zero-order chi connectivity index (χ0) is 11.1. The van der Waals surface area contributed by atoms with E-state index in [0.29, 0.717) is 0 Å². The quantitative estimate of drug-likeness (QED) is 0.314. The molecule has 6 N–H and O–H groups in total. The summed E-state index contributed by atoms with van der Waals surface area (Å²) in [5.74, 6) is -1.50. The molecule has 0 aromatic rings. The number of carboxylic acid groups (broad SMARTS) is 1. The summed E-state index contributed by atoms with van der Waals surface area (Å²) in [5.41, 5.74) is 3.28. The molecule has 1 heterocycles. The van der Waals surface area contributed by atoms with Gasteiger partial charge in [-0.05, 0) is 6.92 Å². The lowest BCUT2D eigenvalue weighted by Crippen LogP contribution is -2.73. The topological polar surface area (TPSA) is 133 Å². The molecule has 0 aromatic heterocycles. The van der Waals surface area contributed by atoms with Crippen LogP contribution < -0.4 is 5.73 Å². The first-order valence-corrected chi connectivity index (χ1v) is 4.03. The highest BCUT2D eigenvalue weighted by molar-refractivity contribution is 5.80. The molecule has 0 saturated carbocycles. The number of hydrogen-bond donors (Lipinski definition) is 5. The van der Waals surface area contributed by atoms with Gasteiger partial charge in [-0.25, -0.2) is 0 Å². The van der Waals surface area contributed by atoms with Crippen molar-refractivity contribution in [1.82, 2.24) is 0 Å². The lowest BCUT2D eigenvalue weighted by Gasteiger charge is -2.44. The van der Waals surface area contributed by atoms with Gasteiger partial charge < -0.3 is 30.9 Å². The number of carboxylic acids is 1. The van der Waals surface area contributed by atoms with Gasteiger partial charge in [0.25, 0.3) is 0 Å². The number of hydrogen-bond acceptors (Lipinski definition) is 6. The molecule has 0 radical (unpaired) electrons. The third kappa shape index (κ3) is 1.39. The van der Waals surface area contributed by atoms with Crippen LogP contribution >= 0.6 is 0 Å². The SMILES string of the molecule is CC1O[C@@H](O)C(O)C(O)[C@@]1(N)C(=O)O. The van der Waals surface area contributed by atoms with Crippen LogP contribution in [0.1, 0.15) is 6.92 Å². The van der Waals surface area contributed by atoms with Gasteiger partial charge in [0.1, 0.15) is 12.2 Å². The fourth-order valence-electron chi connectivity index (χ4n) is 1.38. The number of nitrogens with two attached hydrogens (primary N) is 1. The van der Waals surface area contributed by atoms with Crippen molar-refractivity contribution in [2.24, 2.45) is 5.73 Å². The molecule has 7 nitrogen and oxygen atoms in total. The van der Waals surface area contributed by atoms with Gasteiger partial charge in [-0.1, -0.05) is 0 Å². The summed E-state index contributed by atoms with van der Waals surface area (Å²) in [4.78, 5) is 10.8. The first kappa shape index (κ1) is 11.3. The van der Waals surface area contributed by atoms with Gasteiger partial charge in [0, 0.05) is 0 Å². The normalized spacial score (nSPS) is 48.9. The fourth-order valence-corrected chi connectivity index (χ4v) is 1.38. The second-order valence-corrected chi connectivity index (χ2v) is 3.34. The van der Waals surface area contributed by atoms with E-state index in [1.54, 1.807) is 0 Å². The van der Waals surface area contributed by atoms with Crippen LogP contribution in [0.3, 0.4) is 0 Å². The third-order valence-corrected chi connectivity index (χ3v) is 2.49. The minimum Gasteiger partial charge on any atom is -0.480 e. The van der Waals surface area contributed by atoms with E-state index in [4.69, 9.17) is 15.9 Å². The largest absolute Gasteiger partial charge is 0.480 e. The molecule has 1 fully saturated rings. The Morgan fingerprint density at radius 1 is 1.43 bits per heavy atom. The molecule has 0 amide bonds. The molecule has 1 aliphatic rings. The van der Waals surface area contributed by atoms with E-state index in [1.165, 1.54) is 6.92 Å². The Morgan fingerprint density at radius 3 is 2.36 bits per heavy atom. The van der Waals surface area contributed by atoms with Crippen LogP contribution in [0, 0.1) is 0 Å². The predicted octanol–water partition coefficient (Wildman–Crippen LogP) is -2.77. The summed E-state index contributed by atoms with van der Waals surface area (Å²) >= 11 is 0. The van der Waals surface area contributed by atoms with Crippen molar-refractivity contribution in [3.63, 3.8) is 0 Å². The van der Waals surface area contributed by atoms with E-state index in [9.17, 15) is 15.0 Å². The van der Waals surface area contributed by atoms with Crippen LogP contribution in [0.25, 0.3) is 0 Å².